The van der Waals surface area contributed by atoms with Crippen molar-refractivity contribution in [1.82, 2.24) is 0 Å². The van der Waals surface area contributed by atoms with E-state index in [0.717, 1.165) is 4.90 Å². The summed E-state index contributed by atoms with van der Waals surface area (Å²) in [6, 6.07) is 1.18. The molecule has 0 unspecified atom stereocenters. The highest BCUT2D eigenvalue weighted by molar-refractivity contribution is 6.56. The Hall–Kier alpha value is -2.11. The van der Waals surface area contributed by atoms with E-state index in [1.165, 1.54) is 6.92 Å². The van der Waals surface area contributed by atoms with Gasteiger partial charge in [-0.25, -0.2) is 0 Å². The van der Waals surface area contributed by atoms with Crippen LogP contribution in [-0.4, -0.2) is 21.3 Å². The van der Waals surface area contributed by atoms with Crippen LogP contribution in [-0.2, 0) is 0 Å². The molecule has 0 amide bonds. The Kier molecular flexibility index (Phi) is 6.97. The van der Waals surface area contributed by atoms with Crippen LogP contribution in [0.5, 0.6) is 0 Å². The van der Waals surface area contributed by atoms with E-state index in [1.54, 1.807) is 0 Å². The van der Waals surface area contributed by atoms with Crippen molar-refractivity contribution in [3.8, 4) is 0 Å². The molecule has 15 heteroatoms. The molecule has 154 valence electrons. The number of halogens is 5. The molecule has 0 bridgehead atoms. The van der Waals surface area contributed by atoms with Crippen molar-refractivity contribution in [3.05, 3.63) is 67.6 Å². The van der Waals surface area contributed by atoms with E-state index in [0.29, 0.717) is 12.1 Å². The minimum Gasteiger partial charge on any atom is -0.328 e. The van der Waals surface area contributed by atoms with Gasteiger partial charge in [0.25, 0.3) is 5.69 Å². The third-order valence-corrected chi connectivity index (χ3v) is 5.96. The van der Waals surface area contributed by atoms with E-state index < -0.39 is 37.5 Å². The number of nitro groups is 3. The average molecular weight is 504 g/mol. The highest BCUT2D eigenvalue weighted by atomic mass is 35.5. The summed E-state index contributed by atoms with van der Waals surface area (Å²) in [5.41, 5.74) is -3.45. The number of nitrogens with zero attached hydrogens (tertiary/aromatic N) is 4. The summed E-state index contributed by atoms with van der Waals surface area (Å²) in [5, 5.41) is 33.0. The summed E-state index contributed by atoms with van der Waals surface area (Å²) >= 11 is 30.4. The molecule has 0 heterocycles. The van der Waals surface area contributed by atoms with Gasteiger partial charge >= 0.3 is 11.4 Å². The molecule has 0 aliphatic rings. The van der Waals surface area contributed by atoms with E-state index in [4.69, 9.17) is 58.0 Å². The largest absolute Gasteiger partial charge is 0.328 e. The standard InChI is InChI=1S/C14H7Cl5N4O6/c1-2-20(14-11(18)9(16)8(15)10(17)12(14)19)13-6(22(26)27)3-5(21(24)25)4-7(13)23(28)29/h3-4H,2H2,1H3. The van der Waals surface area contributed by atoms with Gasteiger partial charge in [-0.05, 0) is 6.92 Å². The molecule has 0 fully saturated rings. The van der Waals surface area contributed by atoms with Crippen LogP contribution in [0.4, 0.5) is 28.4 Å². The molecular weight excluding hydrogens is 497 g/mol. The van der Waals surface area contributed by atoms with Crippen LogP contribution in [0, 0.1) is 30.3 Å². The van der Waals surface area contributed by atoms with Gasteiger partial charge in [0, 0.05) is 6.54 Å². The number of anilines is 2. The zero-order valence-electron chi connectivity index (χ0n) is 14.0. The van der Waals surface area contributed by atoms with E-state index in [-0.39, 0.29) is 37.3 Å². The summed E-state index contributed by atoms with van der Waals surface area (Å²) in [4.78, 5) is 32.2. The molecule has 0 saturated carbocycles. The number of rotatable bonds is 6. The lowest BCUT2D eigenvalue weighted by Gasteiger charge is -2.26. The Morgan fingerprint density at radius 1 is 0.724 bits per heavy atom. The molecule has 0 N–H and O–H groups in total. The maximum Gasteiger partial charge on any atom is 0.306 e. The summed E-state index contributed by atoms with van der Waals surface area (Å²) in [6.07, 6.45) is 0. The third-order valence-electron chi connectivity index (χ3n) is 3.70. The zero-order chi connectivity index (χ0) is 22.2. The lowest BCUT2D eigenvalue weighted by Crippen LogP contribution is -2.20. The summed E-state index contributed by atoms with van der Waals surface area (Å²) in [5.74, 6) is 0. The highest BCUT2D eigenvalue weighted by Gasteiger charge is 2.36. The van der Waals surface area contributed by atoms with Crippen molar-refractivity contribution in [1.29, 1.82) is 0 Å². The van der Waals surface area contributed by atoms with Gasteiger partial charge in [-0.1, -0.05) is 58.0 Å². The van der Waals surface area contributed by atoms with Crippen molar-refractivity contribution >= 4 is 86.4 Å². The maximum atomic E-state index is 11.6. The van der Waals surface area contributed by atoms with Gasteiger partial charge in [0.15, 0.2) is 5.69 Å². The topological polar surface area (TPSA) is 133 Å². The molecule has 0 aliphatic heterocycles. The van der Waals surface area contributed by atoms with Gasteiger partial charge in [0.2, 0.25) is 0 Å². The van der Waals surface area contributed by atoms with Crippen LogP contribution >= 0.6 is 58.0 Å². The number of hydrogen-bond acceptors (Lipinski definition) is 7. The Morgan fingerprint density at radius 2 is 1.10 bits per heavy atom. The highest BCUT2D eigenvalue weighted by Crippen LogP contribution is 2.52. The molecule has 0 atom stereocenters. The Labute approximate surface area is 186 Å². The van der Waals surface area contributed by atoms with Crippen molar-refractivity contribution in [3.63, 3.8) is 0 Å². The predicted molar refractivity (Wildman–Crippen MR) is 111 cm³/mol. The van der Waals surface area contributed by atoms with Crippen molar-refractivity contribution in [2.24, 2.45) is 0 Å². The summed E-state index contributed by atoms with van der Waals surface area (Å²) in [7, 11) is 0. The summed E-state index contributed by atoms with van der Waals surface area (Å²) in [6.45, 7) is 1.35. The molecule has 0 spiro atoms. The molecule has 2 aromatic rings. The van der Waals surface area contributed by atoms with Gasteiger partial charge in [-0.2, -0.15) is 0 Å². The number of non-ortho nitro benzene ring substituents is 1. The fourth-order valence-corrected chi connectivity index (χ4v) is 3.84. The first-order valence-electron chi connectivity index (χ1n) is 7.34. The Balaban J connectivity index is 3.00. The monoisotopic (exact) mass is 502 g/mol. The van der Waals surface area contributed by atoms with E-state index in [9.17, 15) is 30.3 Å². The third kappa shape index (κ3) is 4.12. The fraction of sp³-hybridized carbons (Fsp3) is 0.143. The second kappa shape index (κ2) is 8.72. The number of benzene rings is 2. The second-order valence-corrected chi connectivity index (χ2v) is 7.16. The number of nitro benzene ring substituents is 3. The van der Waals surface area contributed by atoms with Gasteiger partial charge in [0.05, 0.1) is 57.7 Å². The predicted octanol–water partition coefficient (Wildman–Crippen LogP) is 6.84. The Bertz CT molecular complexity index is 999. The lowest BCUT2D eigenvalue weighted by atomic mass is 10.1. The zero-order valence-corrected chi connectivity index (χ0v) is 17.8. The lowest BCUT2D eigenvalue weighted by molar-refractivity contribution is -0.402. The molecule has 2 rings (SSSR count). The molecule has 0 aromatic heterocycles. The van der Waals surface area contributed by atoms with Crippen LogP contribution < -0.4 is 4.90 Å². The van der Waals surface area contributed by atoms with E-state index in [1.807, 2.05) is 0 Å². The first kappa shape index (κ1) is 23.2. The second-order valence-electron chi connectivity index (χ2n) is 5.27. The van der Waals surface area contributed by atoms with Crippen LogP contribution in [0.25, 0.3) is 0 Å². The van der Waals surface area contributed by atoms with Crippen molar-refractivity contribution in [2.45, 2.75) is 6.92 Å². The minimum atomic E-state index is -1.00. The maximum absolute atomic E-state index is 11.6. The first-order valence-corrected chi connectivity index (χ1v) is 9.23. The molecular formula is C14H7Cl5N4O6. The van der Waals surface area contributed by atoms with Crippen LogP contribution in [0.3, 0.4) is 0 Å². The molecule has 0 radical (unpaired) electrons. The van der Waals surface area contributed by atoms with Crippen molar-refractivity contribution < 1.29 is 14.8 Å². The van der Waals surface area contributed by atoms with Crippen LogP contribution in [0.2, 0.25) is 25.1 Å². The molecule has 0 aliphatic carbocycles. The quantitative estimate of drug-likeness (QED) is 0.182. The number of hydrogen-bond donors (Lipinski definition) is 0. The fourth-order valence-electron chi connectivity index (χ4n) is 2.51. The molecule has 0 saturated heterocycles. The van der Waals surface area contributed by atoms with Gasteiger partial charge < -0.3 is 4.90 Å². The molecule has 2 aromatic carbocycles. The Morgan fingerprint density at radius 3 is 1.41 bits per heavy atom. The average Bonchev–Trinajstić information content (AvgIpc) is 2.67. The SMILES string of the molecule is CCN(c1c([N+](=O)[O-])cc([N+](=O)[O-])cc1[N+](=O)[O-])c1c(Cl)c(Cl)c(Cl)c(Cl)c1Cl. The van der Waals surface area contributed by atoms with E-state index in [2.05, 4.69) is 0 Å². The molecule has 10 nitrogen and oxygen atoms in total. The van der Waals surface area contributed by atoms with Crippen molar-refractivity contribution in [2.75, 3.05) is 11.4 Å². The van der Waals surface area contributed by atoms with Gasteiger partial charge in [-0.15, -0.1) is 0 Å². The van der Waals surface area contributed by atoms with Gasteiger partial charge in [0.1, 0.15) is 0 Å². The van der Waals surface area contributed by atoms with Crippen LogP contribution in [0.1, 0.15) is 6.92 Å². The van der Waals surface area contributed by atoms with Crippen LogP contribution in [0.15, 0.2) is 12.1 Å². The summed E-state index contributed by atoms with van der Waals surface area (Å²) < 4.78 is 0. The van der Waals surface area contributed by atoms with Gasteiger partial charge in [-0.3, -0.25) is 30.3 Å². The first-order chi connectivity index (χ1) is 13.4. The molecule has 29 heavy (non-hydrogen) atoms. The smallest absolute Gasteiger partial charge is 0.306 e. The normalized spacial score (nSPS) is 10.7. The van der Waals surface area contributed by atoms with E-state index >= 15 is 0 Å². The minimum absolute atomic E-state index is 0.132.